The van der Waals surface area contributed by atoms with Crippen LogP contribution in [0.2, 0.25) is 0 Å². The van der Waals surface area contributed by atoms with E-state index in [1.54, 1.807) is 13.0 Å². The number of hydrogen-bond donors (Lipinski definition) is 0. The minimum Gasteiger partial charge on any atom is -0.462 e. The topological polar surface area (TPSA) is 83.6 Å². The van der Waals surface area contributed by atoms with E-state index >= 15 is 0 Å². The summed E-state index contributed by atoms with van der Waals surface area (Å²) in [5.41, 5.74) is 0.149. The zero-order chi connectivity index (χ0) is 22.3. The normalized spacial score (nSPS) is 11.5. The standard InChI is InChI=1S/C19H10F2N2O5.C3H8/c1-2-26-19(25)9-6-23-12-5-13-11(22-7-27-13)4-14(12)28-18-15(21)10(20)3-8(16(18)23)17(9)24;1-3-2/h3-7H,2H2,1H3;3H2,1-2H3. The van der Waals surface area contributed by atoms with Crippen molar-refractivity contribution in [3.63, 3.8) is 0 Å². The number of rotatable bonds is 2. The highest BCUT2D eigenvalue weighted by molar-refractivity contribution is 5.97. The summed E-state index contributed by atoms with van der Waals surface area (Å²) in [5, 5.41) is -0.206. The molecule has 0 aliphatic carbocycles. The molecule has 0 saturated heterocycles. The molecule has 2 aromatic heterocycles. The summed E-state index contributed by atoms with van der Waals surface area (Å²) in [6.07, 6.45) is 3.71. The van der Waals surface area contributed by atoms with Crippen molar-refractivity contribution in [2.75, 3.05) is 6.61 Å². The molecular weight excluding hydrogens is 410 g/mol. The van der Waals surface area contributed by atoms with E-state index in [1.807, 2.05) is 0 Å². The highest BCUT2D eigenvalue weighted by atomic mass is 19.2. The molecule has 0 amide bonds. The largest absolute Gasteiger partial charge is 0.462 e. The van der Waals surface area contributed by atoms with Crippen molar-refractivity contribution in [2.24, 2.45) is 0 Å². The number of carbonyl (C=O) groups excluding carboxylic acids is 1. The quantitative estimate of drug-likeness (QED) is 0.364. The Kier molecular flexibility index (Phi) is 5.18. The van der Waals surface area contributed by atoms with E-state index in [2.05, 4.69) is 18.8 Å². The first-order valence-electron chi connectivity index (χ1n) is 9.71. The Bertz CT molecular complexity index is 1390. The van der Waals surface area contributed by atoms with Gasteiger partial charge in [-0.25, -0.2) is 14.2 Å². The van der Waals surface area contributed by atoms with Crippen LogP contribution in [0.4, 0.5) is 8.78 Å². The monoisotopic (exact) mass is 428 g/mol. The Hall–Kier alpha value is -3.75. The van der Waals surface area contributed by atoms with Gasteiger partial charge in [0.05, 0.1) is 17.7 Å². The lowest BCUT2D eigenvalue weighted by Crippen LogP contribution is -2.22. The lowest BCUT2D eigenvalue weighted by atomic mass is 10.1. The van der Waals surface area contributed by atoms with Crippen LogP contribution in [0.25, 0.3) is 27.7 Å². The molecule has 0 saturated carbocycles. The second-order valence-electron chi connectivity index (χ2n) is 6.81. The zero-order valence-corrected chi connectivity index (χ0v) is 17.0. The van der Waals surface area contributed by atoms with Gasteiger partial charge in [0.15, 0.2) is 29.3 Å². The van der Waals surface area contributed by atoms with Crippen LogP contribution in [-0.2, 0) is 4.74 Å². The molecule has 2 aromatic carbocycles. The molecular formula is C22H18F2N2O5. The van der Waals surface area contributed by atoms with E-state index in [0.29, 0.717) is 16.8 Å². The molecule has 0 N–H and O–H groups in total. The van der Waals surface area contributed by atoms with Crippen LogP contribution in [0.5, 0.6) is 11.5 Å². The van der Waals surface area contributed by atoms with Crippen LogP contribution >= 0.6 is 0 Å². The number of nitrogens with zero attached hydrogens (tertiary/aromatic N) is 2. The molecule has 0 fully saturated rings. The average molecular weight is 428 g/mol. The third-order valence-electron chi connectivity index (χ3n) is 4.52. The van der Waals surface area contributed by atoms with Gasteiger partial charge in [-0.15, -0.1) is 0 Å². The van der Waals surface area contributed by atoms with Crippen LogP contribution in [0.15, 0.2) is 40.0 Å². The van der Waals surface area contributed by atoms with Gasteiger partial charge in [0.2, 0.25) is 11.2 Å². The number of aromatic nitrogens is 2. The predicted octanol–water partition coefficient (Wildman–Crippen LogP) is 5.11. The van der Waals surface area contributed by atoms with Gasteiger partial charge in [-0.2, -0.15) is 4.39 Å². The van der Waals surface area contributed by atoms with Gasteiger partial charge in [-0.3, -0.25) is 4.79 Å². The molecule has 7 nitrogen and oxygen atoms in total. The maximum absolute atomic E-state index is 14.5. The van der Waals surface area contributed by atoms with E-state index in [1.165, 1.54) is 29.6 Å². The lowest BCUT2D eigenvalue weighted by Gasteiger charge is -2.24. The van der Waals surface area contributed by atoms with Crippen LogP contribution in [0, 0.1) is 11.6 Å². The van der Waals surface area contributed by atoms with E-state index in [-0.39, 0.29) is 28.8 Å². The molecule has 0 spiro atoms. The summed E-state index contributed by atoms with van der Waals surface area (Å²) in [7, 11) is 0. The van der Waals surface area contributed by atoms with Crippen molar-refractivity contribution in [1.82, 2.24) is 9.55 Å². The Morgan fingerprint density at radius 3 is 2.65 bits per heavy atom. The van der Waals surface area contributed by atoms with Crippen LogP contribution in [0.1, 0.15) is 37.6 Å². The third kappa shape index (κ3) is 3.22. The molecule has 31 heavy (non-hydrogen) atoms. The number of esters is 1. The number of ether oxygens (including phenoxy) is 2. The predicted molar refractivity (Wildman–Crippen MR) is 109 cm³/mol. The number of carbonyl (C=O) groups is 1. The van der Waals surface area contributed by atoms with Gasteiger partial charge in [-0.05, 0) is 13.0 Å². The number of oxazole rings is 1. The van der Waals surface area contributed by atoms with E-state index in [0.717, 1.165) is 6.07 Å². The second-order valence-corrected chi connectivity index (χ2v) is 6.81. The minimum atomic E-state index is -1.27. The number of pyridine rings is 1. The van der Waals surface area contributed by atoms with Gasteiger partial charge in [0.25, 0.3) is 0 Å². The Morgan fingerprint density at radius 1 is 1.19 bits per heavy atom. The van der Waals surface area contributed by atoms with Crippen LogP contribution < -0.4 is 10.2 Å². The number of benzene rings is 2. The third-order valence-corrected chi connectivity index (χ3v) is 4.52. The summed E-state index contributed by atoms with van der Waals surface area (Å²) in [4.78, 5) is 29.0. The fourth-order valence-electron chi connectivity index (χ4n) is 3.29. The first kappa shape index (κ1) is 20.5. The molecule has 9 heteroatoms. The Morgan fingerprint density at radius 2 is 1.94 bits per heavy atom. The van der Waals surface area contributed by atoms with Gasteiger partial charge in [0, 0.05) is 18.3 Å². The molecule has 0 bridgehead atoms. The molecule has 0 radical (unpaired) electrons. The van der Waals surface area contributed by atoms with Crippen molar-refractivity contribution >= 4 is 28.0 Å². The Labute approximate surface area is 174 Å². The second kappa shape index (κ2) is 7.82. The molecule has 5 rings (SSSR count). The van der Waals surface area contributed by atoms with Gasteiger partial charge in [0.1, 0.15) is 16.6 Å². The Balaban J connectivity index is 0.000000730. The highest BCUT2D eigenvalue weighted by Crippen LogP contribution is 2.43. The molecule has 160 valence electrons. The fourth-order valence-corrected chi connectivity index (χ4v) is 3.29. The van der Waals surface area contributed by atoms with Crippen molar-refractivity contribution in [3.8, 4) is 17.2 Å². The van der Waals surface area contributed by atoms with E-state index in [9.17, 15) is 18.4 Å². The highest BCUT2D eigenvalue weighted by Gasteiger charge is 2.29. The number of halogens is 2. The SMILES string of the molecule is CCC.CCOC(=O)c1cn2c3c(c(F)c(F)cc3c1=O)Oc1cc3ncoc3cc1-2. The van der Waals surface area contributed by atoms with Crippen molar-refractivity contribution in [3.05, 3.63) is 58.2 Å². The van der Waals surface area contributed by atoms with Gasteiger partial charge >= 0.3 is 5.97 Å². The van der Waals surface area contributed by atoms with Crippen molar-refractivity contribution < 1.29 is 27.5 Å². The summed E-state index contributed by atoms with van der Waals surface area (Å²) < 4.78 is 45.8. The molecule has 1 aliphatic heterocycles. The molecule has 3 heterocycles. The van der Waals surface area contributed by atoms with Crippen molar-refractivity contribution in [1.29, 1.82) is 0 Å². The molecule has 4 aromatic rings. The fraction of sp³-hybridized carbons (Fsp3) is 0.227. The first-order chi connectivity index (χ1) is 14.9. The minimum absolute atomic E-state index is 0.00307. The summed E-state index contributed by atoms with van der Waals surface area (Å²) >= 11 is 0. The van der Waals surface area contributed by atoms with Gasteiger partial charge in [-0.1, -0.05) is 20.3 Å². The summed E-state index contributed by atoms with van der Waals surface area (Å²) in [6.45, 7) is 5.90. The summed E-state index contributed by atoms with van der Waals surface area (Å²) in [6, 6.07) is 3.81. The zero-order valence-electron chi connectivity index (χ0n) is 17.0. The lowest BCUT2D eigenvalue weighted by molar-refractivity contribution is 0.0524. The number of hydrogen-bond acceptors (Lipinski definition) is 6. The van der Waals surface area contributed by atoms with Gasteiger partial charge < -0.3 is 18.5 Å². The maximum atomic E-state index is 14.5. The van der Waals surface area contributed by atoms with Crippen LogP contribution in [0.3, 0.4) is 0 Å². The van der Waals surface area contributed by atoms with Crippen molar-refractivity contribution in [2.45, 2.75) is 27.2 Å². The average Bonchev–Trinajstić information content (AvgIpc) is 3.20. The van der Waals surface area contributed by atoms with Crippen LogP contribution in [-0.4, -0.2) is 22.1 Å². The molecule has 0 atom stereocenters. The van der Waals surface area contributed by atoms with E-state index < -0.39 is 28.8 Å². The molecule has 0 unspecified atom stereocenters. The first-order valence-corrected chi connectivity index (χ1v) is 9.71. The maximum Gasteiger partial charge on any atom is 0.343 e. The summed E-state index contributed by atoms with van der Waals surface area (Å²) in [5.74, 6) is -3.65. The van der Waals surface area contributed by atoms with E-state index in [4.69, 9.17) is 13.9 Å². The smallest absolute Gasteiger partial charge is 0.343 e. The molecule has 1 aliphatic rings. The number of fused-ring (bicyclic) bond motifs is 3.